The van der Waals surface area contributed by atoms with E-state index in [1.807, 2.05) is 77.7 Å². The molecule has 0 aliphatic heterocycles. The Morgan fingerprint density at radius 1 is 0.929 bits per heavy atom. The van der Waals surface area contributed by atoms with Gasteiger partial charge in [0.1, 0.15) is 0 Å². The summed E-state index contributed by atoms with van der Waals surface area (Å²) in [6.07, 6.45) is 7.32. The molecule has 0 atom stereocenters. The third-order valence-electron chi connectivity index (χ3n) is 4.23. The van der Waals surface area contributed by atoms with Crippen LogP contribution >= 0.6 is 0 Å². The number of para-hydroxylation sites is 1. The van der Waals surface area contributed by atoms with Crippen LogP contribution < -0.4 is 10.6 Å². The van der Waals surface area contributed by atoms with E-state index in [1.54, 1.807) is 17.1 Å². The first-order valence-electron chi connectivity index (χ1n) is 8.96. The minimum Gasteiger partial charge on any atom is -0.334 e. The number of rotatable bonds is 6. The van der Waals surface area contributed by atoms with E-state index in [0.29, 0.717) is 13.1 Å². The molecule has 7 nitrogen and oxygen atoms in total. The lowest BCUT2D eigenvalue weighted by Crippen LogP contribution is -2.28. The van der Waals surface area contributed by atoms with E-state index < -0.39 is 0 Å². The molecular formula is C21H20N6O. The summed E-state index contributed by atoms with van der Waals surface area (Å²) >= 11 is 0. The van der Waals surface area contributed by atoms with E-state index in [1.165, 1.54) is 0 Å². The number of carbonyl (C=O) groups excluding carboxylic acids is 1. The van der Waals surface area contributed by atoms with Crippen LogP contribution in [0.2, 0.25) is 0 Å². The monoisotopic (exact) mass is 372 g/mol. The normalized spacial score (nSPS) is 10.6. The Kier molecular flexibility index (Phi) is 5.15. The Morgan fingerprint density at radius 3 is 2.50 bits per heavy atom. The Morgan fingerprint density at radius 2 is 1.75 bits per heavy atom. The maximum Gasteiger partial charge on any atom is 0.319 e. The molecule has 0 saturated heterocycles. The number of nitrogens with one attached hydrogen (secondary N) is 2. The first kappa shape index (κ1) is 17.5. The molecule has 4 rings (SSSR count). The largest absolute Gasteiger partial charge is 0.334 e. The molecule has 4 aromatic rings. The number of benzene rings is 2. The second kappa shape index (κ2) is 8.22. The Balaban J connectivity index is 1.28. The molecule has 0 aliphatic rings. The molecule has 0 unspecified atom stereocenters. The highest BCUT2D eigenvalue weighted by Gasteiger charge is 2.05. The lowest BCUT2D eigenvalue weighted by molar-refractivity contribution is 0.251. The minimum atomic E-state index is -0.257. The van der Waals surface area contributed by atoms with Crippen molar-refractivity contribution in [2.24, 2.45) is 0 Å². The van der Waals surface area contributed by atoms with Crippen LogP contribution in [0.25, 0.3) is 5.69 Å². The number of anilines is 1. The van der Waals surface area contributed by atoms with Crippen molar-refractivity contribution >= 4 is 11.7 Å². The summed E-state index contributed by atoms with van der Waals surface area (Å²) in [5.41, 5.74) is 3.76. The fourth-order valence-electron chi connectivity index (χ4n) is 2.81. The summed E-state index contributed by atoms with van der Waals surface area (Å²) in [5, 5.41) is 14.2. The van der Waals surface area contributed by atoms with Gasteiger partial charge < -0.3 is 10.6 Å². The number of urea groups is 1. The molecule has 2 N–H and O–H groups in total. The minimum absolute atomic E-state index is 0.257. The van der Waals surface area contributed by atoms with Crippen molar-refractivity contribution in [1.29, 1.82) is 0 Å². The number of amides is 2. The van der Waals surface area contributed by atoms with E-state index in [9.17, 15) is 4.79 Å². The van der Waals surface area contributed by atoms with Crippen LogP contribution in [0.15, 0.2) is 85.5 Å². The molecule has 0 saturated carbocycles. The Bertz CT molecular complexity index is 1020. The molecule has 0 aliphatic carbocycles. The zero-order valence-electron chi connectivity index (χ0n) is 15.2. The Labute approximate surface area is 162 Å². The van der Waals surface area contributed by atoms with Crippen molar-refractivity contribution in [2.75, 3.05) is 5.32 Å². The maximum atomic E-state index is 12.1. The highest BCUT2D eigenvalue weighted by Crippen LogP contribution is 2.11. The van der Waals surface area contributed by atoms with Crippen LogP contribution in [-0.4, -0.2) is 25.6 Å². The number of nitrogens with zero attached hydrogens (tertiary/aromatic N) is 4. The van der Waals surface area contributed by atoms with Gasteiger partial charge in [0.2, 0.25) is 0 Å². The summed E-state index contributed by atoms with van der Waals surface area (Å²) in [6, 6.07) is 19.2. The van der Waals surface area contributed by atoms with Crippen LogP contribution in [0.4, 0.5) is 10.5 Å². The van der Waals surface area contributed by atoms with Crippen molar-refractivity contribution < 1.29 is 4.79 Å². The molecule has 2 aromatic carbocycles. The second-order valence-electron chi connectivity index (χ2n) is 6.34. The van der Waals surface area contributed by atoms with Crippen LogP contribution in [0, 0.1) is 0 Å². The molecule has 0 bridgehead atoms. The van der Waals surface area contributed by atoms with Gasteiger partial charge in [-0.3, -0.25) is 4.68 Å². The van der Waals surface area contributed by atoms with E-state index in [4.69, 9.17) is 0 Å². The van der Waals surface area contributed by atoms with E-state index >= 15 is 0 Å². The zero-order valence-corrected chi connectivity index (χ0v) is 15.2. The second-order valence-corrected chi connectivity index (χ2v) is 6.34. The summed E-state index contributed by atoms with van der Waals surface area (Å²) in [4.78, 5) is 12.1. The molecule has 0 radical (unpaired) electrons. The molecule has 2 aromatic heterocycles. The third-order valence-corrected chi connectivity index (χ3v) is 4.23. The fraction of sp³-hybridized carbons (Fsp3) is 0.0952. The fourth-order valence-corrected chi connectivity index (χ4v) is 2.81. The SMILES string of the molecule is O=C(NCc1cnn(-c2ccccc2)c1)Nc1ccc(Cn2cccn2)cc1. The van der Waals surface area contributed by atoms with Crippen molar-refractivity contribution in [3.8, 4) is 5.69 Å². The van der Waals surface area contributed by atoms with Gasteiger partial charge in [-0.15, -0.1) is 0 Å². The van der Waals surface area contributed by atoms with E-state index in [2.05, 4.69) is 20.8 Å². The van der Waals surface area contributed by atoms with Gasteiger partial charge in [-0.25, -0.2) is 9.48 Å². The van der Waals surface area contributed by atoms with Gasteiger partial charge in [0.05, 0.1) is 18.4 Å². The molecule has 28 heavy (non-hydrogen) atoms. The average molecular weight is 372 g/mol. The predicted molar refractivity (Wildman–Crippen MR) is 107 cm³/mol. The first-order chi connectivity index (χ1) is 13.8. The highest BCUT2D eigenvalue weighted by molar-refractivity contribution is 5.89. The number of carbonyl (C=O) groups is 1. The number of hydrogen-bond donors (Lipinski definition) is 2. The van der Waals surface area contributed by atoms with Crippen molar-refractivity contribution in [3.05, 3.63) is 96.6 Å². The van der Waals surface area contributed by atoms with Crippen LogP contribution in [0.5, 0.6) is 0 Å². The summed E-state index contributed by atoms with van der Waals surface area (Å²) in [7, 11) is 0. The van der Waals surface area contributed by atoms with Crippen LogP contribution in [0.1, 0.15) is 11.1 Å². The third kappa shape index (κ3) is 4.45. The molecule has 0 spiro atoms. The lowest BCUT2D eigenvalue weighted by Gasteiger charge is -2.08. The van der Waals surface area contributed by atoms with Crippen LogP contribution in [-0.2, 0) is 13.1 Å². The van der Waals surface area contributed by atoms with Crippen molar-refractivity contribution in [1.82, 2.24) is 24.9 Å². The van der Waals surface area contributed by atoms with E-state index in [-0.39, 0.29) is 6.03 Å². The van der Waals surface area contributed by atoms with Gasteiger partial charge in [-0.2, -0.15) is 10.2 Å². The topological polar surface area (TPSA) is 76.8 Å². The zero-order chi connectivity index (χ0) is 19.2. The lowest BCUT2D eigenvalue weighted by atomic mass is 10.2. The standard InChI is InChI=1S/C21H20N6O/c28-21(22-13-18-14-24-27(16-18)20-5-2-1-3-6-20)25-19-9-7-17(8-10-19)15-26-12-4-11-23-26/h1-12,14,16H,13,15H2,(H2,22,25,28). The maximum absolute atomic E-state index is 12.1. The molecular weight excluding hydrogens is 352 g/mol. The molecule has 0 fully saturated rings. The molecule has 2 heterocycles. The molecule has 140 valence electrons. The molecule has 7 heteroatoms. The number of aromatic nitrogens is 4. The quantitative estimate of drug-likeness (QED) is 0.544. The van der Waals surface area contributed by atoms with Gasteiger partial charge in [0.25, 0.3) is 0 Å². The van der Waals surface area contributed by atoms with Gasteiger partial charge >= 0.3 is 6.03 Å². The summed E-state index contributed by atoms with van der Waals surface area (Å²) < 4.78 is 3.64. The van der Waals surface area contributed by atoms with Gasteiger partial charge in [0.15, 0.2) is 0 Å². The molecule has 2 amide bonds. The number of hydrogen-bond acceptors (Lipinski definition) is 3. The first-order valence-corrected chi connectivity index (χ1v) is 8.96. The van der Waals surface area contributed by atoms with Gasteiger partial charge in [0, 0.05) is 36.4 Å². The van der Waals surface area contributed by atoms with E-state index in [0.717, 1.165) is 22.5 Å². The Hall–Kier alpha value is -3.87. The predicted octanol–water partition coefficient (Wildman–Crippen LogP) is 3.44. The van der Waals surface area contributed by atoms with Gasteiger partial charge in [-0.05, 0) is 35.9 Å². The summed E-state index contributed by atoms with van der Waals surface area (Å²) in [6.45, 7) is 1.10. The summed E-state index contributed by atoms with van der Waals surface area (Å²) in [5.74, 6) is 0. The van der Waals surface area contributed by atoms with Crippen molar-refractivity contribution in [2.45, 2.75) is 13.1 Å². The van der Waals surface area contributed by atoms with Crippen LogP contribution in [0.3, 0.4) is 0 Å². The van der Waals surface area contributed by atoms with Crippen molar-refractivity contribution in [3.63, 3.8) is 0 Å². The highest BCUT2D eigenvalue weighted by atomic mass is 16.2. The van der Waals surface area contributed by atoms with Gasteiger partial charge in [-0.1, -0.05) is 30.3 Å². The smallest absolute Gasteiger partial charge is 0.319 e. The average Bonchev–Trinajstić information content (AvgIpc) is 3.41.